The molecule has 0 saturated carbocycles. The van der Waals surface area contributed by atoms with Crippen LogP contribution in [0.2, 0.25) is 0 Å². The second-order valence-electron chi connectivity index (χ2n) is 6.61. The van der Waals surface area contributed by atoms with Crippen LogP contribution in [0.4, 0.5) is 5.69 Å². The summed E-state index contributed by atoms with van der Waals surface area (Å²) >= 11 is 0. The average molecular weight is 308 g/mol. The first kappa shape index (κ1) is 15.6. The summed E-state index contributed by atoms with van der Waals surface area (Å²) in [6.45, 7) is 5.81. The van der Waals surface area contributed by atoms with Gasteiger partial charge in [-0.15, -0.1) is 0 Å². The number of nitrogens with zero attached hydrogens (tertiary/aromatic N) is 1. The van der Waals surface area contributed by atoms with Crippen LogP contribution in [0.25, 0.3) is 0 Å². The fourth-order valence-electron chi connectivity index (χ4n) is 3.57. The molecule has 2 aromatic rings. The third-order valence-electron chi connectivity index (χ3n) is 4.91. The van der Waals surface area contributed by atoms with E-state index < -0.39 is 0 Å². The Hall–Kier alpha value is -2.29. The lowest BCUT2D eigenvalue weighted by Gasteiger charge is -2.37. The number of likely N-dealkylation sites (tertiary alicyclic amines) is 1. The molecule has 2 aromatic carbocycles. The number of aryl methyl sites for hydroxylation is 1. The number of nitrogens with two attached hydrogens (primary N) is 1. The van der Waals surface area contributed by atoms with Crippen molar-refractivity contribution in [2.45, 2.75) is 26.2 Å². The average Bonchev–Trinajstić information content (AvgIpc) is 2.57. The molecule has 1 aliphatic heterocycles. The number of anilines is 1. The maximum absolute atomic E-state index is 12.8. The number of nitrogen functional groups attached to an aromatic ring is 1. The molecule has 2 unspecified atom stereocenters. The van der Waals surface area contributed by atoms with Crippen molar-refractivity contribution < 1.29 is 4.79 Å². The number of benzene rings is 2. The van der Waals surface area contributed by atoms with E-state index in [1.807, 2.05) is 24.0 Å². The number of hydrogen-bond acceptors (Lipinski definition) is 2. The molecule has 0 bridgehead atoms. The fraction of sp³-hybridized carbons (Fsp3) is 0.350. The summed E-state index contributed by atoms with van der Waals surface area (Å²) in [6.07, 6.45) is 1.01. The Morgan fingerprint density at radius 1 is 1.17 bits per heavy atom. The molecule has 1 aliphatic rings. The molecule has 1 amide bonds. The molecule has 0 aliphatic carbocycles. The van der Waals surface area contributed by atoms with Crippen molar-refractivity contribution in [1.29, 1.82) is 0 Å². The van der Waals surface area contributed by atoms with E-state index in [0.717, 1.165) is 30.6 Å². The molecule has 2 N–H and O–H groups in total. The fourth-order valence-corrected chi connectivity index (χ4v) is 3.57. The van der Waals surface area contributed by atoms with Crippen molar-refractivity contribution in [3.63, 3.8) is 0 Å². The van der Waals surface area contributed by atoms with Crippen LogP contribution >= 0.6 is 0 Å². The van der Waals surface area contributed by atoms with Gasteiger partial charge in [-0.1, -0.05) is 43.3 Å². The summed E-state index contributed by atoms with van der Waals surface area (Å²) in [6, 6.07) is 16.2. The van der Waals surface area contributed by atoms with E-state index in [1.165, 1.54) is 5.56 Å². The zero-order valence-corrected chi connectivity index (χ0v) is 13.8. The number of amides is 1. The molecule has 0 spiro atoms. The zero-order valence-electron chi connectivity index (χ0n) is 13.8. The molecular weight excluding hydrogens is 284 g/mol. The first-order valence-electron chi connectivity index (χ1n) is 8.26. The lowest BCUT2D eigenvalue weighted by Crippen LogP contribution is -2.42. The number of hydrogen-bond donors (Lipinski definition) is 1. The third-order valence-corrected chi connectivity index (χ3v) is 4.91. The quantitative estimate of drug-likeness (QED) is 0.857. The van der Waals surface area contributed by atoms with Crippen LogP contribution in [0.5, 0.6) is 0 Å². The highest BCUT2D eigenvalue weighted by Gasteiger charge is 2.30. The molecule has 120 valence electrons. The van der Waals surface area contributed by atoms with Crippen molar-refractivity contribution in [2.75, 3.05) is 18.8 Å². The molecule has 0 aromatic heterocycles. The molecule has 3 rings (SSSR count). The van der Waals surface area contributed by atoms with E-state index >= 15 is 0 Å². The van der Waals surface area contributed by atoms with Crippen molar-refractivity contribution in [1.82, 2.24) is 4.90 Å². The minimum Gasteiger partial charge on any atom is -0.399 e. The van der Waals surface area contributed by atoms with Gasteiger partial charge in [0.05, 0.1) is 0 Å². The molecule has 2 atom stereocenters. The summed E-state index contributed by atoms with van der Waals surface area (Å²) in [5.74, 6) is 1.09. The van der Waals surface area contributed by atoms with Crippen LogP contribution in [-0.2, 0) is 0 Å². The van der Waals surface area contributed by atoms with Crippen LogP contribution in [-0.4, -0.2) is 23.9 Å². The minimum absolute atomic E-state index is 0.105. The lowest BCUT2D eigenvalue weighted by atomic mass is 9.81. The van der Waals surface area contributed by atoms with Crippen molar-refractivity contribution in [3.05, 3.63) is 65.2 Å². The van der Waals surface area contributed by atoms with Crippen LogP contribution < -0.4 is 5.73 Å². The number of piperidine rings is 1. The molecule has 3 nitrogen and oxygen atoms in total. The van der Waals surface area contributed by atoms with Gasteiger partial charge in [0.15, 0.2) is 0 Å². The molecular formula is C20H24N2O. The van der Waals surface area contributed by atoms with E-state index in [0.29, 0.717) is 17.5 Å². The topological polar surface area (TPSA) is 46.3 Å². The molecule has 1 fully saturated rings. The van der Waals surface area contributed by atoms with Gasteiger partial charge in [-0.3, -0.25) is 4.79 Å². The third kappa shape index (κ3) is 3.24. The maximum Gasteiger partial charge on any atom is 0.254 e. The van der Waals surface area contributed by atoms with Crippen LogP contribution in [0.3, 0.4) is 0 Å². The van der Waals surface area contributed by atoms with Crippen molar-refractivity contribution in [3.8, 4) is 0 Å². The molecule has 0 radical (unpaired) electrons. The van der Waals surface area contributed by atoms with Gasteiger partial charge >= 0.3 is 0 Å². The van der Waals surface area contributed by atoms with Gasteiger partial charge in [0.25, 0.3) is 5.91 Å². The van der Waals surface area contributed by atoms with E-state index in [-0.39, 0.29) is 5.91 Å². The Labute approximate surface area is 138 Å². The standard InChI is InChI=1S/C20H24N2O/c1-14-8-9-17(21)12-19(14)20(23)22-11-10-18(15(2)13-22)16-6-4-3-5-7-16/h3-9,12,15,18H,10-11,13,21H2,1-2H3. The van der Waals surface area contributed by atoms with Crippen molar-refractivity contribution in [2.24, 2.45) is 5.92 Å². The number of carbonyl (C=O) groups excluding carboxylic acids is 1. The van der Waals surface area contributed by atoms with Crippen LogP contribution in [0.15, 0.2) is 48.5 Å². The zero-order chi connectivity index (χ0) is 16.4. The van der Waals surface area contributed by atoms with Gasteiger partial charge in [0.1, 0.15) is 0 Å². The predicted molar refractivity (Wildman–Crippen MR) is 94.5 cm³/mol. The summed E-state index contributed by atoms with van der Waals surface area (Å²) in [5, 5.41) is 0. The van der Waals surface area contributed by atoms with Gasteiger partial charge in [-0.05, 0) is 48.4 Å². The van der Waals surface area contributed by atoms with E-state index in [1.54, 1.807) is 6.07 Å². The Balaban J connectivity index is 1.75. The second kappa shape index (κ2) is 6.45. The summed E-state index contributed by atoms with van der Waals surface area (Å²) in [7, 11) is 0. The highest BCUT2D eigenvalue weighted by atomic mass is 16.2. The normalized spacial score (nSPS) is 21.2. The maximum atomic E-state index is 12.8. The van der Waals surface area contributed by atoms with Gasteiger partial charge in [-0.2, -0.15) is 0 Å². The van der Waals surface area contributed by atoms with Crippen LogP contribution in [0.1, 0.15) is 40.7 Å². The van der Waals surface area contributed by atoms with Gasteiger partial charge < -0.3 is 10.6 Å². The Morgan fingerprint density at radius 3 is 2.61 bits per heavy atom. The van der Waals surface area contributed by atoms with Gasteiger partial charge in [-0.25, -0.2) is 0 Å². The van der Waals surface area contributed by atoms with E-state index in [4.69, 9.17) is 5.73 Å². The van der Waals surface area contributed by atoms with Gasteiger partial charge in [0.2, 0.25) is 0 Å². The first-order valence-corrected chi connectivity index (χ1v) is 8.26. The Kier molecular flexibility index (Phi) is 4.37. The minimum atomic E-state index is 0.105. The predicted octanol–water partition coefficient (Wildman–Crippen LogP) is 3.84. The highest BCUT2D eigenvalue weighted by Crippen LogP contribution is 2.33. The lowest BCUT2D eigenvalue weighted by molar-refractivity contribution is 0.0660. The molecule has 1 heterocycles. The summed E-state index contributed by atoms with van der Waals surface area (Å²) in [4.78, 5) is 14.8. The van der Waals surface area contributed by atoms with E-state index in [2.05, 4.69) is 37.3 Å². The number of carbonyl (C=O) groups is 1. The summed E-state index contributed by atoms with van der Waals surface area (Å²) < 4.78 is 0. The van der Waals surface area contributed by atoms with Crippen molar-refractivity contribution >= 4 is 11.6 Å². The largest absolute Gasteiger partial charge is 0.399 e. The molecule has 23 heavy (non-hydrogen) atoms. The summed E-state index contributed by atoms with van der Waals surface area (Å²) in [5.41, 5.74) is 9.60. The first-order chi connectivity index (χ1) is 11.1. The highest BCUT2D eigenvalue weighted by molar-refractivity contribution is 5.96. The SMILES string of the molecule is Cc1ccc(N)cc1C(=O)N1CCC(c2ccccc2)C(C)C1. The Bertz CT molecular complexity index is 696. The monoisotopic (exact) mass is 308 g/mol. The smallest absolute Gasteiger partial charge is 0.254 e. The van der Waals surface area contributed by atoms with Gasteiger partial charge in [0, 0.05) is 24.3 Å². The number of rotatable bonds is 2. The Morgan fingerprint density at radius 2 is 1.91 bits per heavy atom. The second-order valence-corrected chi connectivity index (χ2v) is 6.61. The van der Waals surface area contributed by atoms with E-state index in [9.17, 15) is 4.79 Å². The van der Waals surface area contributed by atoms with Crippen LogP contribution in [0, 0.1) is 12.8 Å². The molecule has 1 saturated heterocycles. The molecule has 3 heteroatoms.